The summed E-state index contributed by atoms with van der Waals surface area (Å²) >= 11 is 0. The van der Waals surface area contributed by atoms with E-state index >= 15 is 0 Å². The lowest BCUT2D eigenvalue weighted by Gasteiger charge is -2.41. The molecule has 3 aliphatic rings. The number of likely N-dealkylation sites (tertiary alicyclic amines) is 1. The summed E-state index contributed by atoms with van der Waals surface area (Å²) in [5.74, 6) is -1.56. The van der Waals surface area contributed by atoms with E-state index < -0.39 is 53.7 Å². The van der Waals surface area contributed by atoms with E-state index in [-0.39, 0.29) is 41.9 Å². The van der Waals surface area contributed by atoms with Crippen LogP contribution in [-0.2, 0) is 26.6 Å². The minimum atomic E-state index is -5.01. The van der Waals surface area contributed by atoms with Crippen LogP contribution in [0.25, 0.3) is 0 Å². The van der Waals surface area contributed by atoms with Crippen LogP contribution in [0.1, 0.15) is 72.4 Å². The van der Waals surface area contributed by atoms with Crippen LogP contribution in [0.5, 0.6) is 0 Å². The molecule has 43 heavy (non-hydrogen) atoms. The molecule has 5 nitrogen and oxygen atoms in total. The Hall–Kier alpha value is -2.70. The van der Waals surface area contributed by atoms with E-state index in [1.54, 1.807) is 17.9 Å². The van der Waals surface area contributed by atoms with Gasteiger partial charge in [-0.25, -0.2) is 4.39 Å². The molecular formula is C31H34F7NO4. The Morgan fingerprint density at radius 2 is 1.60 bits per heavy atom. The highest BCUT2D eigenvalue weighted by Gasteiger charge is 2.49. The van der Waals surface area contributed by atoms with Crippen molar-refractivity contribution in [2.45, 2.75) is 76.3 Å². The second kappa shape index (κ2) is 12.0. The molecule has 0 aromatic heterocycles. The van der Waals surface area contributed by atoms with Gasteiger partial charge >= 0.3 is 12.4 Å². The largest absolute Gasteiger partial charge is 0.416 e. The lowest BCUT2D eigenvalue weighted by atomic mass is 9.76. The SMILES string of the molecule is Cc1cc(F)ccc1[C@@H]1[C@@H](O[C@H](C)c2cc(C(F)(F)F)cc(C(F)(F)F)c2)OC[C@@H]2CN(C(=O)C3CCC(O)CC3)C[C@H]21. The molecule has 0 bridgehead atoms. The van der Waals surface area contributed by atoms with Crippen LogP contribution in [-0.4, -0.2) is 48.0 Å². The van der Waals surface area contributed by atoms with Crippen LogP contribution in [0.2, 0.25) is 0 Å². The van der Waals surface area contributed by atoms with Gasteiger partial charge in [-0.1, -0.05) is 6.07 Å². The predicted molar refractivity (Wildman–Crippen MR) is 141 cm³/mol. The number of carbonyl (C=O) groups excluding carboxylic acids is 1. The zero-order valence-electron chi connectivity index (χ0n) is 23.7. The summed E-state index contributed by atoms with van der Waals surface area (Å²) in [5, 5.41) is 9.85. The molecule has 1 aliphatic carbocycles. The van der Waals surface area contributed by atoms with Crippen LogP contribution < -0.4 is 0 Å². The highest BCUT2D eigenvalue weighted by molar-refractivity contribution is 5.79. The van der Waals surface area contributed by atoms with E-state index in [2.05, 4.69) is 0 Å². The maximum atomic E-state index is 14.1. The standard InChI is InChI=1S/C31H34F7NO4/c1-16-9-23(32)5-8-25(16)27-26-14-39(28(41)18-3-6-24(40)7-4-18)13-20(26)15-42-29(27)43-17(2)19-10-21(30(33,34)35)12-22(11-19)31(36,37)38/h5,8-12,17-18,20,24,26-27,29,40H,3-4,6-7,13-15H2,1-2H3/t17-,18?,20+,24?,26-,27+,29-/m1/s1. The fraction of sp³-hybridized carbons (Fsp3) is 0.581. The molecule has 1 saturated carbocycles. The van der Waals surface area contributed by atoms with Crippen molar-refractivity contribution in [3.63, 3.8) is 0 Å². The van der Waals surface area contributed by atoms with Gasteiger partial charge in [-0.05, 0) is 92.5 Å². The average Bonchev–Trinajstić information content (AvgIpc) is 3.37. The lowest BCUT2D eigenvalue weighted by Crippen LogP contribution is -2.42. The normalized spacial score (nSPS) is 28.9. The predicted octanol–water partition coefficient (Wildman–Crippen LogP) is 7.02. The molecular weight excluding hydrogens is 583 g/mol. The number of fused-ring (bicyclic) bond motifs is 1. The number of hydrogen-bond donors (Lipinski definition) is 1. The Morgan fingerprint density at radius 1 is 0.977 bits per heavy atom. The lowest BCUT2D eigenvalue weighted by molar-refractivity contribution is -0.217. The molecule has 5 rings (SSSR count). The number of aliphatic hydroxyl groups is 1. The summed E-state index contributed by atoms with van der Waals surface area (Å²) in [6.45, 7) is 4.01. The van der Waals surface area contributed by atoms with Crippen molar-refractivity contribution >= 4 is 5.91 Å². The second-order valence-corrected chi connectivity index (χ2v) is 12.0. The zero-order valence-corrected chi connectivity index (χ0v) is 23.7. The van der Waals surface area contributed by atoms with E-state index in [1.807, 2.05) is 0 Å². The van der Waals surface area contributed by atoms with Gasteiger partial charge in [-0.3, -0.25) is 4.79 Å². The molecule has 0 radical (unpaired) electrons. The number of halogens is 7. The van der Waals surface area contributed by atoms with Gasteiger partial charge in [0.25, 0.3) is 0 Å². The molecule has 2 heterocycles. The third kappa shape index (κ3) is 6.86. The van der Waals surface area contributed by atoms with Gasteiger partial charge < -0.3 is 19.5 Å². The number of carbonyl (C=O) groups is 1. The highest BCUT2D eigenvalue weighted by atomic mass is 19.4. The number of hydrogen-bond acceptors (Lipinski definition) is 4. The first-order valence-corrected chi connectivity index (χ1v) is 14.4. The summed E-state index contributed by atoms with van der Waals surface area (Å²) in [6.07, 6.45) is -10.4. The van der Waals surface area contributed by atoms with E-state index in [4.69, 9.17) is 9.47 Å². The van der Waals surface area contributed by atoms with Gasteiger partial charge in [-0.2, -0.15) is 26.3 Å². The van der Waals surface area contributed by atoms with Gasteiger partial charge in [-0.15, -0.1) is 0 Å². The maximum absolute atomic E-state index is 14.1. The number of aryl methyl sites for hydroxylation is 1. The smallest absolute Gasteiger partial charge is 0.393 e. The van der Waals surface area contributed by atoms with Crippen LogP contribution in [0.15, 0.2) is 36.4 Å². The molecule has 1 amide bonds. The Labute approximate surface area is 245 Å². The third-order valence-electron chi connectivity index (χ3n) is 9.09. The fourth-order valence-electron chi connectivity index (χ4n) is 6.77. The quantitative estimate of drug-likeness (QED) is 0.367. The minimum Gasteiger partial charge on any atom is -0.393 e. The van der Waals surface area contributed by atoms with Crippen LogP contribution in [0.4, 0.5) is 30.7 Å². The monoisotopic (exact) mass is 617 g/mol. The van der Waals surface area contributed by atoms with Crippen molar-refractivity contribution in [3.05, 3.63) is 70.0 Å². The van der Waals surface area contributed by atoms with Gasteiger partial charge in [0, 0.05) is 30.8 Å². The maximum Gasteiger partial charge on any atom is 0.416 e. The van der Waals surface area contributed by atoms with E-state index in [0.29, 0.717) is 62.0 Å². The van der Waals surface area contributed by atoms with Crippen molar-refractivity contribution in [2.75, 3.05) is 19.7 Å². The molecule has 2 aliphatic heterocycles. The van der Waals surface area contributed by atoms with E-state index in [0.717, 1.165) is 0 Å². The molecule has 2 aromatic carbocycles. The van der Waals surface area contributed by atoms with Crippen LogP contribution in [0.3, 0.4) is 0 Å². The van der Waals surface area contributed by atoms with Gasteiger partial charge in [0.05, 0.1) is 29.9 Å². The molecule has 0 unspecified atom stereocenters. The molecule has 5 atom stereocenters. The number of aliphatic hydroxyl groups excluding tert-OH is 1. The van der Waals surface area contributed by atoms with Crippen molar-refractivity contribution in [2.24, 2.45) is 17.8 Å². The van der Waals surface area contributed by atoms with Crippen LogP contribution in [0, 0.1) is 30.5 Å². The number of alkyl halides is 6. The summed E-state index contributed by atoms with van der Waals surface area (Å²) in [5.41, 5.74) is -1.94. The van der Waals surface area contributed by atoms with Gasteiger partial charge in [0.1, 0.15) is 5.82 Å². The van der Waals surface area contributed by atoms with Crippen molar-refractivity contribution < 1.29 is 50.1 Å². The van der Waals surface area contributed by atoms with Crippen molar-refractivity contribution in [1.29, 1.82) is 0 Å². The second-order valence-electron chi connectivity index (χ2n) is 12.0. The summed E-state index contributed by atoms with van der Waals surface area (Å²) in [6, 6.07) is 5.55. The molecule has 236 valence electrons. The Balaban J connectivity index is 1.43. The molecule has 3 fully saturated rings. The molecule has 12 heteroatoms. The Morgan fingerprint density at radius 3 is 2.19 bits per heavy atom. The first-order chi connectivity index (χ1) is 20.1. The van der Waals surface area contributed by atoms with E-state index in [1.165, 1.54) is 19.1 Å². The Kier molecular flexibility index (Phi) is 8.85. The third-order valence-corrected chi connectivity index (χ3v) is 9.09. The van der Waals surface area contributed by atoms with Crippen molar-refractivity contribution in [3.8, 4) is 0 Å². The summed E-state index contributed by atoms with van der Waals surface area (Å²) < 4.78 is 107. The van der Waals surface area contributed by atoms with Crippen molar-refractivity contribution in [1.82, 2.24) is 4.90 Å². The zero-order chi connectivity index (χ0) is 31.3. The van der Waals surface area contributed by atoms with Crippen LogP contribution >= 0.6 is 0 Å². The number of ether oxygens (including phenoxy) is 2. The number of rotatable bonds is 5. The molecule has 0 spiro atoms. The fourth-order valence-corrected chi connectivity index (χ4v) is 6.77. The highest BCUT2D eigenvalue weighted by Crippen LogP contribution is 2.47. The van der Waals surface area contributed by atoms with Gasteiger partial charge in [0.15, 0.2) is 6.29 Å². The first kappa shape index (κ1) is 31.7. The first-order valence-electron chi connectivity index (χ1n) is 14.4. The molecule has 2 saturated heterocycles. The number of nitrogens with zero attached hydrogens (tertiary/aromatic N) is 1. The average molecular weight is 618 g/mol. The molecule has 2 aromatic rings. The number of benzene rings is 2. The summed E-state index contributed by atoms with van der Waals surface area (Å²) in [7, 11) is 0. The number of amides is 1. The Bertz CT molecular complexity index is 1290. The van der Waals surface area contributed by atoms with E-state index in [9.17, 15) is 40.6 Å². The topological polar surface area (TPSA) is 59.0 Å². The summed E-state index contributed by atoms with van der Waals surface area (Å²) in [4.78, 5) is 15.2. The molecule has 1 N–H and O–H groups in total. The van der Waals surface area contributed by atoms with Gasteiger partial charge in [0.2, 0.25) is 5.91 Å². The minimum absolute atomic E-state index is 0.00893.